The van der Waals surface area contributed by atoms with Crippen LogP contribution in [0.3, 0.4) is 0 Å². The molecule has 0 saturated carbocycles. The predicted molar refractivity (Wildman–Crippen MR) is 210 cm³/mol. The van der Waals surface area contributed by atoms with Gasteiger partial charge in [-0.25, -0.2) is 0 Å². The molecule has 1 N–H and O–H groups in total. The minimum absolute atomic E-state index is 0.0572. The lowest BCUT2D eigenvalue weighted by atomic mass is 10.0. The van der Waals surface area contributed by atoms with Crippen molar-refractivity contribution < 1.29 is 24.2 Å². The van der Waals surface area contributed by atoms with Crippen LogP contribution >= 0.6 is 0 Å². The number of aliphatic hydroxyl groups is 1. The maximum Gasteiger partial charge on any atom is 0.306 e. The van der Waals surface area contributed by atoms with Crippen LogP contribution in [0.25, 0.3) is 0 Å². The maximum atomic E-state index is 12.2. The van der Waals surface area contributed by atoms with E-state index in [4.69, 9.17) is 9.47 Å². The molecule has 0 rings (SSSR count). The molecule has 0 aromatic heterocycles. The fourth-order valence-corrected chi connectivity index (χ4v) is 6.74. The highest BCUT2D eigenvalue weighted by Gasteiger charge is 2.16. The van der Waals surface area contributed by atoms with E-state index in [2.05, 4.69) is 20.8 Å². The average Bonchev–Trinajstić information content (AvgIpc) is 3.09. The number of aliphatic hydroxyl groups excluding tert-OH is 1. The molecule has 0 aliphatic rings. The molecule has 0 aromatic rings. The molecule has 0 saturated heterocycles. The predicted octanol–water partition coefficient (Wildman–Crippen LogP) is 13.8. The molecule has 0 spiro atoms. The molecule has 0 heterocycles. The Bertz CT molecular complexity index is 678. The van der Waals surface area contributed by atoms with Crippen LogP contribution in [0.5, 0.6) is 0 Å². The Balaban J connectivity index is 3.47. The molecule has 0 fully saturated rings. The molecule has 292 valence electrons. The van der Waals surface area contributed by atoms with Crippen LogP contribution in [0.15, 0.2) is 0 Å². The lowest BCUT2D eigenvalue weighted by Gasteiger charge is -2.15. The maximum absolute atomic E-state index is 12.2. The molecule has 0 aliphatic carbocycles. The van der Waals surface area contributed by atoms with Gasteiger partial charge < -0.3 is 14.6 Å². The van der Waals surface area contributed by atoms with Crippen molar-refractivity contribution in [3.63, 3.8) is 0 Å². The average molecular weight is 695 g/mol. The third kappa shape index (κ3) is 39.5. The van der Waals surface area contributed by atoms with Gasteiger partial charge in [0, 0.05) is 12.8 Å². The van der Waals surface area contributed by atoms with Crippen LogP contribution in [0.1, 0.15) is 245 Å². The van der Waals surface area contributed by atoms with E-state index >= 15 is 0 Å². The number of ether oxygens (including phenoxy) is 2. The van der Waals surface area contributed by atoms with Gasteiger partial charge in [0.05, 0.1) is 6.61 Å². The molecule has 5 heteroatoms. The van der Waals surface area contributed by atoms with E-state index in [1.807, 2.05) is 0 Å². The van der Waals surface area contributed by atoms with Crippen molar-refractivity contribution in [2.45, 2.75) is 252 Å². The minimum atomic E-state index is -0.762. The first-order chi connectivity index (χ1) is 24.0. The second-order valence-corrected chi connectivity index (χ2v) is 15.6. The van der Waals surface area contributed by atoms with Gasteiger partial charge in [-0.3, -0.25) is 9.59 Å². The van der Waals surface area contributed by atoms with Gasteiger partial charge in [0.15, 0.2) is 6.10 Å². The lowest BCUT2D eigenvalue weighted by molar-refractivity contribution is -0.161. The second kappa shape index (κ2) is 39.7. The van der Waals surface area contributed by atoms with E-state index in [-0.39, 0.29) is 25.2 Å². The SMILES string of the molecule is CCCCCCCCCCCCCCCCCCCCC(=O)O[C@@H](CO)COC(=O)CCCCCCCCCCCCCCCCC(C)C. The number of carbonyl (C=O) groups is 2. The van der Waals surface area contributed by atoms with Crippen LogP contribution in [-0.4, -0.2) is 36.4 Å². The Kier molecular flexibility index (Phi) is 38.8. The highest BCUT2D eigenvalue weighted by molar-refractivity contribution is 5.70. The fraction of sp³-hybridized carbons (Fsp3) is 0.955. The molecule has 0 radical (unpaired) electrons. The smallest absolute Gasteiger partial charge is 0.306 e. The van der Waals surface area contributed by atoms with Crippen molar-refractivity contribution >= 4 is 11.9 Å². The molecule has 5 nitrogen and oxygen atoms in total. The van der Waals surface area contributed by atoms with Crippen molar-refractivity contribution in [2.75, 3.05) is 13.2 Å². The highest BCUT2D eigenvalue weighted by Crippen LogP contribution is 2.17. The van der Waals surface area contributed by atoms with Gasteiger partial charge in [-0.2, -0.15) is 0 Å². The number of hydrogen-bond donors (Lipinski definition) is 1. The number of carbonyl (C=O) groups excluding carboxylic acids is 2. The third-order valence-electron chi connectivity index (χ3n) is 10.1. The standard InChI is InChI=1S/C44H86O5/c1-4-5-6-7-8-9-10-11-12-13-14-15-20-23-26-29-32-35-38-44(47)49-42(39-45)40-48-43(46)37-34-31-28-25-22-19-17-16-18-21-24-27-30-33-36-41(2)3/h41-42,45H,4-40H2,1-3H3/t42-/m0/s1. The summed E-state index contributed by atoms with van der Waals surface area (Å²) in [6.07, 6.45) is 43.1. The zero-order valence-corrected chi connectivity index (χ0v) is 33.4. The van der Waals surface area contributed by atoms with Gasteiger partial charge in [-0.05, 0) is 18.8 Å². The zero-order chi connectivity index (χ0) is 35.9. The Morgan fingerprint density at radius 1 is 0.449 bits per heavy atom. The summed E-state index contributed by atoms with van der Waals surface area (Å²) in [7, 11) is 0. The van der Waals surface area contributed by atoms with E-state index < -0.39 is 6.10 Å². The highest BCUT2D eigenvalue weighted by atomic mass is 16.6. The molecule has 0 aliphatic heterocycles. The lowest BCUT2D eigenvalue weighted by Crippen LogP contribution is -2.28. The molecule has 0 unspecified atom stereocenters. The fourth-order valence-electron chi connectivity index (χ4n) is 6.74. The summed E-state index contributed by atoms with van der Waals surface area (Å²) in [6.45, 7) is 6.53. The second-order valence-electron chi connectivity index (χ2n) is 15.6. The van der Waals surface area contributed by atoms with Crippen molar-refractivity contribution in [3.05, 3.63) is 0 Å². The first kappa shape index (κ1) is 47.9. The van der Waals surface area contributed by atoms with E-state index in [0.29, 0.717) is 12.8 Å². The molecule has 1 atom stereocenters. The summed E-state index contributed by atoms with van der Waals surface area (Å²) in [4.78, 5) is 24.3. The molecular formula is C44H86O5. The first-order valence-corrected chi connectivity index (χ1v) is 22.0. The van der Waals surface area contributed by atoms with Crippen molar-refractivity contribution in [3.8, 4) is 0 Å². The van der Waals surface area contributed by atoms with Crippen LogP contribution in [0.4, 0.5) is 0 Å². The number of hydrogen-bond acceptors (Lipinski definition) is 5. The van der Waals surface area contributed by atoms with E-state index in [1.165, 1.54) is 180 Å². The van der Waals surface area contributed by atoms with Crippen LogP contribution in [0, 0.1) is 5.92 Å². The van der Waals surface area contributed by atoms with Crippen LogP contribution in [-0.2, 0) is 19.1 Å². The molecule has 0 bridgehead atoms. The Morgan fingerprint density at radius 2 is 0.755 bits per heavy atom. The number of unbranched alkanes of at least 4 members (excludes halogenated alkanes) is 30. The summed E-state index contributed by atoms with van der Waals surface area (Å²) >= 11 is 0. The summed E-state index contributed by atoms with van der Waals surface area (Å²) in [5.74, 6) is 0.279. The van der Waals surface area contributed by atoms with Gasteiger partial charge in [-0.1, -0.05) is 220 Å². The Hall–Kier alpha value is -1.10. The monoisotopic (exact) mass is 695 g/mol. The quantitative estimate of drug-likeness (QED) is 0.0510. The van der Waals surface area contributed by atoms with Gasteiger partial charge in [0.2, 0.25) is 0 Å². The van der Waals surface area contributed by atoms with E-state index in [9.17, 15) is 14.7 Å². The molecular weight excluding hydrogens is 608 g/mol. The van der Waals surface area contributed by atoms with Gasteiger partial charge >= 0.3 is 11.9 Å². The van der Waals surface area contributed by atoms with Crippen LogP contribution in [0.2, 0.25) is 0 Å². The van der Waals surface area contributed by atoms with Crippen molar-refractivity contribution in [1.29, 1.82) is 0 Å². The van der Waals surface area contributed by atoms with Crippen molar-refractivity contribution in [2.24, 2.45) is 5.92 Å². The number of rotatable bonds is 40. The summed E-state index contributed by atoms with van der Waals surface area (Å²) < 4.78 is 10.6. The van der Waals surface area contributed by atoms with Gasteiger partial charge in [0.1, 0.15) is 6.61 Å². The minimum Gasteiger partial charge on any atom is -0.462 e. The van der Waals surface area contributed by atoms with Gasteiger partial charge in [-0.15, -0.1) is 0 Å². The first-order valence-electron chi connectivity index (χ1n) is 22.0. The van der Waals surface area contributed by atoms with E-state index in [1.54, 1.807) is 0 Å². The Labute approximate surface area is 306 Å². The van der Waals surface area contributed by atoms with Crippen LogP contribution < -0.4 is 0 Å². The summed E-state index contributed by atoms with van der Waals surface area (Å²) in [5.41, 5.74) is 0. The molecule has 0 amide bonds. The van der Waals surface area contributed by atoms with Crippen molar-refractivity contribution in [1.82, 2.24) is 0 Å². The zero-order valence-electron chi connectivity index (χ0n) is 33.4. The molecule has 49 heavy (non-hydrogen) atoms. The Morgan fingerprint density at radius 3 is 1.08 bits per heavy atom. The largest absolute Gasteiger partial charge is 0.462 e. The summed E-state index contributed by atoms with van der Waals surface area (Å²) in [6, 6.07) is 0. The molecule has 0 aromatic carbocycles. The summed E-state index contributed by atoms with van der Waals surface area (Å²) in [5, 5.41) is 9.58. The third-order valence-corrected chi connectivity index (χ3v) is 10.1. The van der Waals surface area contributed by atoms with E-state index in [0.717, 1.165) is 38.0 Å². The normalized spacial score (nSPS) is 12.1. The van der Waals surface area contributed by atoms with Gasteiger partial charge in [0.25, 0.3) is 0 Å². The number of esters is 2. The topological polar surface area (TPSA) is 72.8 Å².